The van der Waals surface area contributed by atoms with Gasteiger partial charge < -0.3 is 5.73 Å². The molecule has 1 atom stereocenters. The zero-order valence-electron chi connectivity index (χ0n) is 7.47. The van der Waals surface area contributed by atoms with Gasteiger partial charge in [0.2, 0.25) is 0 Å². The van der Waals surface area contributed by atoms with Crippen molar-refractivity contribution in [1.29, 1.82) is 0 Å². The second-order valence-electron chi connectivity index (χ2n) is 2.95. The third-order valence-electron chi connectivity index (χ3n) is 1.98. The van der Waals surface area contributed by atoms with Gasteiger partial charge >= 0.3 is 0 Å². The fourth-order valence-electron chi connectivity index (χ4n) is 1.40. The van der Waals surface area contributed by atoms with Crippen molar-refractivity contribution in [3.63, 3.8) is 0 Å². The van der Waals surface area contributed by atoms with E-state index in [1.807, 2.05) is 19.1 Å². The van der Waals surface area contributed by atoms with Crippen LogP contribution in [0.3, 0.4) is 0 Å². The van der Waals surface area contributed by atoms with E-state index in [0.717, 1.165) is 17.0 Å². The molecule has 0 aliphatic carbocycles. The van der Waals surface area contributed by atoms with E-state index in [1.54, 1.807) is 0 Å². The van der Waals surface area contributed by atoms with Crippen molar-refractivity contribution in [1.82, 2.24) is 0 Å². The predicted molar refractivity (Wildman–Crippen MR) is 53.4 cm³/mol. The van der Waals surface area contributed by atoms with Crippen molar-refractivity contribution in [3.05, 3.63) is 34.3 Å². The molecule has 1 unspecified atom stereocenters. The molecular formula is C10H14ClN. The normalized spacial score (nSPS) is 13.0. The van der Waals surface area contributed by atoms with Gasteiger partial charge in [0.15, 0.2) is 0 Å². The summed E-state index contributed by atoms with van der Waals surface area (Å²) < 4.78 is 0. The lowest BCUT2D eigenvalue weighted by atomic mass is 10.0. The molecule has 0 aliphatic heterocycles. The smallest absolute Gasteiger partial charge is 0.0456 e. The molecule has 2 heteroatoms. The van der Waals surface area contributed by atoms with E-state index < -0.39 is 0 Å². The molecule has 1 aromatic rings. The average Bonchev–Trinajstić information content (AvgIpc) is 2.03. The van der Waals surface area contributed by atoms with Crippen molar-refractivity contribution in [3.8, 4) is 0 Å². The first kappa shape index (κ1) is 9.56. The number of aryl methyl sites for hydroxylation is 1. The lowest BCUT2D eigenvalue weighted by Crippen LogP contribution is -2.08. The van der Waals surface area contributed by atoms with Gasteiger partial charge in [0, 0.05) is 11.1 Å². The summed E-state index contributed by atoms with van der Waals surface area (Å²) in [5.41, 5.74) is 8.14. The van der Waals surface area contributed by atoms with Crippen LogP contribution in [-0.4, -0.2) is 0 Å². The first-order valence-electron chi connectivity index (χ1n) is 4.19. The summed E-state index contributed by atoms with van der Waals surface area (Å²) in [6, 6.07) is 5.95. The second kappa shape index (κ2) is 3.92. The standard InChI is InChI=1S/C10H14ClN/c1-3-8-5-4-6-9(11)10(8)7(2)12/h4-7H,3,12H2,1-2H3. The number of nitrogens with two attached hydrogens (primary N) is 1. The van der Waals surface area contributed by atoms with Gasteiger partial charge in [-0.15, -0.1) is 0 Å². The molecule has 0 amide bonds. The highest BCUT2D eigenvalue weighted by Crippen LogP contribution is 2.25. The highest BCUT2D eigenvalue weighted by atomic mass is 35.5. The first-order valence-corrected chi connectivity index (χ1v) is 4.57. The van der Waals surface area contributed by atoms with Gasteiger partial charge in [-0.2, -0.15) is 0 Å². The molecule has 66 valence electrons. The third kappa shape index (κ3) is 1.79. The monoisotopic (exact) mass is 183 g/mol. The molecule has 0 heterocycles. The molecule has 12 heavy (non-hydrogen) atoms. The summed E-state index contributed by atoms with van der Waals surface area (Å²) in [4.78, 5) is 0. The van der Waals surface area contributed by atoms with Crippen LogP contribution in [0.1, 0.15) is 31.0 Å². The molecule has 0 saturated heterocycles. The Bertz CT molecular complexity index is 269. The van der Waals surface area contributed by atoms with Crippen LogP contribution in [0.4, 0.5) is 0 Å². The van der Waals surface area contributed by atoms with Gasteiger partial charge in [-0.25, -0.2) is 0 Å². The SMILES string of the molecule is CCc1cccc(Cl)c1C(C)N. The van der Waals surface area contributed by atoms with Crippen LogP contribution in [0.5, 0.6) is 0 Å². The molecule has 0 saturated carbocycles. The lowest BCUT2D eigenvalue weighted by molar-refractivity contribution is 0.801. The van der Waals surface area contributed by atoms with Gasteiger partial charge in [-0.1, -0.05) is 30.7 Å². The molecule has 0 radical (unpaired) electrons. The molecular weight excluding hydrogens is 170 g/mol. The number of hydrogen-bond donors (Lipinski definition) is 1. The van der Waals surface area contributed by atoms with Crippen molar-refractivity contribution in [2.75, 3.05) is 0 Å². The van der Waals surface area contributed by atoms with Gasteiger partial charge in [0.25, 0.3) is 0 Å². The zero-order chi connectivity index (χ0) is 9.14. The van der Waals surface area contributed by atoms with E-state index >= 15 is 0 Å². The van der Waals surface area contributed by atoms with E-state index in [9.17, 15) is 0 Å². The maximum atomic E-state index is 6.02. The quantitative estimate of drug-likeness (QED) is 0.750. The number of rotatable bonds is 2. The fraction of sp³-hybridized carbons (Fsp3) is 0.400. The Morgan fingerprint density at radius 2 is 2.17 bits per heavy atom. The highest BCUT2D eigenvalue weighted by molar-refractivity contribution is 6.31. The number of hydrogen-bond acceptors (Lipinski definition) is 1. The highest BCUT2D eigenvalue weighted by Gasteiger charge is 2.08. The van der Waals surface area contributed by atoms with E-state index in [1.165, 1.54) is 5.56 Å². The summed E-state index contributed by atoms with van der Waals surface area (Å²) in [7, 11) is 0. The molecule has 1 rings (SSSR count). The maximum Gasteiger partial charge on any atom is 0.0456 e. The summed E-state index contributed by atoms with van der Waals surface area (Å²) in [5, 5.41) is 0.782. The largest absolute Gasteiger partial charge is 0.324 e. The van der Waals surface area contributed by atoms with Crippen molar-refractivity contribution >= 4 is 11.6 Å². The average molecular weight is 184 g/mol. The molecule has 0 bridgehead atoms. The van der Waals surface area contributed by atoms with Gasteiger partial charge in [0.05, 0.1) is 0 Å². The summed E-state index contributed by atoms with van der Waals surface area (Å²) in [5.74, 6) is 0. The zero-order valence-corrected chi connectivity index (χ0v) is 8.23. The van der Waals surface area contributed by atoms with Crippen LogP contribution in [0.2, 0.25) is 5.02 Å². The minimum absolute atomic E-state index is 0.0219. The van der Waals surface area contributed by atoms with E-state index in [2.05, 4.69) is 13.0 Å². The van der Waals surface area contributed by atoms with Gasteiger partial charge in [-0.05, 0) is 30.5 Å². The maximum absolute atomic E-state index is 6.02. The number of halogens is 1. The Balaban J connectivity index is 3.20. The van der Waals surface area contributed by atoms with Crippen LogP contribution >= 0.6 is 11.6 Å². The van der Waals surface area contributed by atoms with Gasteiger partial charge in [-0.3, -0.25) is 0 Å². The topological polar surface area (TPSA) is 26.0 Å². The van der Waals surface area contributed by atoms with Crippen LogP contribution < -0.4 is 5.73 Å². The minimum atomic E-state index is 0.0219. The first-order chi connectivity index (χ1) is 5.66. The molecule has 2 N–H and O–H groups in total. The van der Waals surface area contributed by atoms with Crippen LogP contribution in [0.15, 0.2) is 18.2 Å². The second-order valence-corrected chi connectivity index (χ2v) is 3.36. The molecule has 1 nitrogen and oxygen atoms in total. The van der Waals surface area contributed by atoms with E-state index in [-0.39, 0.29) is 6.04 Å². The Kier molecular flexibility index (Phi) is 3.12. The predicted octanol–water partition coefficient (Wildman–Crippen LogP) is 2.92. The molecule has 0 fully saturated rings. The summed E-state index contributed by atoms with van der Waals surface area (Å²) in [6.07, 6.45) is 0.984. The Hall–Kier alpha value is -0.530. The summed E-state index contributed by atoms with van der Waals surface area (Å²) in [6.45, 7) is 4.07. The molecule has 1 aromatic carbocycles. The Labute approximate surface area is 78.5 Å². The lowest BCUT2D eigenvalue weighted by Gasteiger charge is -2.12. The molecule has 0 aliphatic rings. The van der Waals surface area contributed by atoms with Crippen molar-refractivity contribution in [2.45, 2.75) is 26.3 Å². The fourth-order valence-corrected chi connectivity index (χ4v) is 1.77. The van der Waals surface area contributed by atoms with Crippen LogP contribution in [0, 0.1) is 0 Å². The van der Waals surface area contributed by atoms with Gasteiger partial charge in [0.1, 0.15) is 0 Å². The Morgan fingerprint density at radius 3 is 2.58 bits per heavy atom. The van der Waals surface area contributed by atoms with Crippen LogP contribution in [-0.2, 0) is 6.42 Å². The van der Waals surface area contributed by atoms with Crippen molar-refractivity contribution < 1.29 is 0 Å². The van der Waals surface area contributed by atoms with Crippen molar-refractivity contribution in [2.24, 2.45) is 5.73 Å². The minimum Gasteiger partial charge on any atom is -0.324 e. The molecule has 0 spiro atoms. The van der Waals surface area contributed by atoms with Crippen LogP contribution in [0.25, 0.3) is 0 Å². The number of benzene rings is 1. The molecule has 0 aromatic heterocycles. The third-order valence-corrected chi connectivity index (χ3v) is 2.31. The van der Waals surface area contributed by atoms with E-state index in [0.29, 0.717) is 0 Å². The van der Waals surface area contributed by atoms with E-state index in [4.69, 9.17) is 17.3 Å². The summed E-state index contributed by atoms with van der Waals surface area (Å²) >= 11 is 6.02. The Morgan fingerprint density at radius 1 is 1.50 bits per heavy atom.